The van der Waals surface area contributed by atoms with E-state index in [2.05, 4.69) is 4.74 Å². The Morgan fingerprint density at radius 2 is 1.60 bits per heavy atom. The number of benzene rings is 1. The lowest BCUT2D eigenvalue weighted by Crippen LogP contribution is -2.43. The van der Waals surface area contributed by atoms with Crippen LogP contribution in [0.4, 0.5) is 22.0 Å². The number of ether oxygens (including phenoxy) is 1. The number of carbonyl (C=O) groups is 2. The van der Waals surface area contributed by atoms with Gasteiger partial charge in [-0.3, -0.25) is 4.79 Å². The molecule has 0 amide bonds. The molecule has 1 aliphatic rings. The highest BCUT2D eigenvalue weighted by Gasteiger charge is 2.62. The van der Waals surface area contributed by atoms with Gasteiger partial charge in [0.15, 0.2) is 0 Å². The van der Waals surface area contributed by atoms with Crippen molar-refractivity contribution >= 4 is 17.5 Å². The van der Waals surface area contributed by atoms with E-state index < -0.39 is 29.6 Å². The first kappa shape index (κ1) is 14.2. The highest BCUT2D eigenvalue weighted by atomic mass is 19.4. The second-order valence-corrected chi connectivity index (χ2v) is 3.88. The van der Waals surface area contributed by atoms with Gasteiger partial charge in [0.05, 0.1) is 5.56 Å². The molecule has 0 spiro atoms. The summed E-state index contributed by atoms with van der Waals surface area (Å²) in [6.45, 7) is 0. The summed E-state index contributed by atoms with van der Waals surface area (Å²) in [6, 6.07) is 5.44. The first-order valence-electron chi connectivity index (χ1n) is 5.17. The summed E-state index contributed by atoms with van der Waals surface area (Å²) < 4.78 is 66.2. The Morgan fingerprint density at radius 3 is 2.15 bits per heavy atom. The zero-order chi connectivity index (χ0) is 15.1. The predicted octanol–water partition coefficient (Wildman–Crippen LogP) is 2.96. The van der Waals surface area contributed by atoms with Gasteiger partial charge in [-0.25, -0.2) is 4.79 Å². The number of carbonyl (C=O) groups excluding carboxylic acids is 2. The molecule has 20 heavy (non-hydrogen) atoms. The number of esters is 1. The number of allylic oxidation sites excluding steroid dienone is 1. The van der Waals surface area contributed by atoms with Crippen LogP contribution in [0.3, 0.4) is 0 Å². The lowest BCUT2D eigenvalue weighted by atomic mass is 10.1. The lowest BCUT2D eigenvalue weighted by molar-refractivity contribution is -0.266. The molecular weight excluding hydrogens is 287 g/mol. The number of hydrogen-bond acceptors (Lipinski definition) is 3. The average Bonchev–Trinajstić information content (AvgIpc) is 2.65. The van der Waals surface area contributed by atoms with Gasteiger partial charge in [-0.1, -0.05) is 18.2 Å². The van der Waals surface area contributed by atoms with Gasteiger partial charge < -0.3 is 4.74 Å². The van der Waals surface area contributed by atoms with Crippen molar-refractivity contribution in [1.29, 1.82) is 0 Å². The molecule has 106 valence electrons. The summed E-state index contributed by atoms with van der Waals surface area (Å²) in [6.07, 6.45) is -6.03. The molecule has 0 aromatic heterocycles. The van der Waals surface area contributed by atoms with Gasteiger partial charge in [-0.2, -0.15) is 22.0 Å². The zero-order valence-electron chi connectivity index (χ0n) is 9.50. The second kappa shape index (κ2) is 4.39. The number of cyclic esters (lactones) is 1. The molecule has 2 rings (SSSR count). The van der Waals surface area contributed by atoms with Gasteiger partial charge in [-0.05, 0) is 6.07 Å². The van der Waals surface area contributed by atoms with E-state index in [1.807, 2.05) is 0 Å². The van der Waals surface area contributed by atoms with Crippen LogP contribution in [0.15, 0.2) is 30.3 Å². The van der Waals surface area contributed by atoms with Crippen LogP contribution >= 0.6 is 0 Å². The number of halogens is 5. The number of fused-ring (bicyclic) bond motifs is 1. The molecule has 3 nitrogen and oxygen atoms in total. The predicted molar refractivity (Wildman–Crippen MR) is 55.8 cm³/mol. The Labute approximate surface area is 108 Å². The van der Waals surface area contributed by atoms with Crippen molar-refractivity contribution in [3.05, 3.63) is 41.5 Å². The van der Waals surface area contributed by atoms with Crippen molar-refractivity contribution in [3.63, 3.8) is 0 Å². The van der Waals surface area contributed by atoms with Crippen LogP contribution in [0.5, 0.6) is 0 Å². The minimum atomic E-state index is -6.01. The van der Waals surface area contributed by atoms with E-state index >= 15 is 0 Å². The molecule has 0 aliphatic carbocycles. The molecule has 0 N–H and O–H groups in total. The van der Waals surface area contributed by atoms with E-state index in [9.17, 15) is 31.5 Å². The maximum atomic E-state index is 12.8. The van der Waals surface area contributed by atoms with E-state index in [1.54, 1.807) is 0 Å². The molecule has 0 radical (unpaired) electrons. The van der Waals surface area contributed by atoms with Gasteiger partial charge >= 0.3 is 18.1 Å². The Bertz CT molecular complexity index is 616. The van der Waals surface area contributed by atoms with E-state index in [1.165, 1.54) is 24.3 Å². The quantitative estimate of drug-likeness (QED) is 0.478. The first-order chi connectivity index (χ1) is 9.14. The zero-order valence-corrected chi connectivity index (χ0v) is 9.50. The lowest BCUT2D eigenvalue weighted by Gasteiger charge is -2.16. The number of ketones is 1. The SMILES string of the molecule is O=C1OC(=CC(=O)C(F)(F)C(F)(F)F)c2ccccc21. The fraction of sp³-hybridized carbons (Fsp3) is 0.167. The van der Waals surface area contributed by atoms with E-state index in [0.29, 0.717) is 0 Å². The highest BCUT2D eigenvalue weighted by Crippen LogP contribution is 2.38. The fourth-order valence-electron chi connectivity index (χ4n) is 1.54. The van der Waals surface area contributed by atoms with E-state index in [4.69, 9.17) is 0 Å². The minimum absolute atomic E-state index is 0.0103. The Hall–Kier alpha value is -2.25. The molecule has 0 bridgehead atoms. The maximum absolute atomic E-state index is 12.8. The van der Waals surface area contributed by atoms with Crippen molar-refractivity contribution < 1.29 is 36.3 Å². The summed E-state index contributed by atoms with van der Waals surface area (Å²) >= 11 is 0. The van der Waals surface area contributed by atoms with Crippen LogP contribution in [0.1, 0.15) is 15.9 Å². The largest absolute Gasteiger partial charge is 0.461 e. The third kappa shape index (κ3) is 2.17. The van der Waals surface area contributed by atoms with Gasteiger partial charge in [-0.15, -0.1) is 0 Å². The average molecular weight is 292 g/mol. The van der Waals surface area contributed by atoms with Crippen LogP contribution in [0.2, 0.25) is 0 Å². The first-order valence-corrected chi connectivity index (χ1v) is 5.17. The third-order valence-electron chi connectivity index (χ3n) is 2.54. The maximum Gasteiger partial charge on any atom is 0.461 e. The molecule has 1 aromatic carbocycles. The molecule has 0 atom stereocenters. The monoisotopic (exact) mass is 292 g/mol. The smallest absolute Gasteiger partial charge is 0.422 e. The molecule has 1 heterocycles. The van der Waals surface area contributed by atoms with Gasteiger partial charge in [0, 0.05) is 11.6 Å². The normalized spacial score (nSPS) is 17.1. The summed E-state index contributed by atoms with van der Waals surface area (Å²) in [4.78, 5) is 22.4. The second-order valence-electron chi connectivity index (χ2n) is 3.88. The third-order valence-corrected chi connectivity index (χ3v) is 2.54. The van der Waals surface area contributed by atoms with Crippen LogP contribution in [0.25, 0.3) is 5.76 Å². The van der Waals surface area contributed by atoms with Crippen LogP contribution in [0, 0.1) is 0 Å². The van der Waals surface area contributed by atoms with Crippen LogP contribution in [-0.4, -0.2) is 23.9 Å². The summed E-state index contributed by atoms with van der Waals surface area (Å²) in [5.41, 5.74) is -0.0225. The molecule has 8 heteroatoms. The van der Waals surface area contributed by atoms with Crippen LogP contribution in [-0.2, 0) is 9.53 Å². The van der Waals surface area contributed by atoms with Crippen molar-refractivity contribution in [2.24, 2.45) is 0 Å². The summed E-state index contributed by atoms with van der Waals surface area (Å²) in [7, 11) is 0. The molecule has 1 aromatic rings. The fourth-order valence-corrected chi connectivity index (χ4v) is 1.54. The van der Waals surface area contributed by atoms with Gasteiger partial charge in [0.25, 0.3) is 0 Å². The highest BCUT2D eigenvalue weighted by molar-refractivity contribution is 6.08. The van der Waals surface area contributed by atoms with Gasteiger partial charge in [0.1, 0.15) is 5.76 Å². The molecule has 0 saturated heterocycles. The van der Waals surface area contributed by atoms with E-state index in [-0.39, 0.29) is 17.2 Å². The molecule has 1 aliphatic heterocycles. The number of rotatable bonds is 2. The molecule has 0 fully saturated rings. The Morgan fingerprint density at radius 1 is 1.05 bits per heavy atom. The van der Waals surface area contributed by atoms with E-state index in [0.717, 1.165) is 0 Å². The minimum Gasteiger partial charge on any atom is -0.422 e. The standard InChI is InChI=1S/C12H5F5O3/c13-11(14,12(15,16)17)9(18)5-8-6-3-1-2-4-7(6)10(19)20-8/h1-5H. The van der Waals surface area contributed by atoms with Gasteiger partial charge in [0.2, 0.25) is 5.78 Å². The molecule has 0 unspecified atom stereocenters. The Kier molecular flexibility index (Phi) is 3.11. The topological polar surface area (TPSA) is 43.4 Å². The molecule has 0 saturated carbocycles. The van der Waals surface area contributed by atoms with Crippen LogP contribution < -0.4 is 0 Å². The van der Waals surface area contributed by atoms with Crippen molar-refractivity contribution in [2.75, 3.05) is 0 Å². The summed E-state index contributed by atoms with van der Waals surface area (Å²) in [5.74, 6) is -9.58. The van der Waals surface area contributed by atoms with Crippen molar-refractivity contribution in [1.82, 2.24) is 0 Å². The Balaban J connectivity index is 2.40. The number of hydrogen-bond donors (Lipinski definition) is 0. The number of alkyl halides is 5. The van der Waals surface area contributed by atoms with Crippen molar-refractivity contribution in [3.8, 4) is 0 Å². The van der Waals surface area contributed by atoms with Crippen molar-refractivity contribution in [2.45, 2.75) is 12.1 Å². The summed E-state index contributed by atoms with van der Waals surface area (Å²) in [5, 5.41) is 0. The molecular formula is C12H5F5O3.